The Kier molecular flexibility index (Phi) is 6.31. The molecule has 3 heterocycles. The molecular weight excluding hydrogens is 490 g/mol. The van der Waals surface area contributed by atoms with Gasteiger partial charge < -0.3 is 4.74 Å². The Morgan fingerprint density at radius 2 is 1.52 bits per heavy atom. The van der Waals surface area contributed by atoms with E-state index in [1.54, 1.807) is 0 Å². The second-order valence-corrected chi connectivity index (χ2v) is 11.2. The zero-order valence-electron chi connectivity index (χ0n) is 23.0. The molecule has 0 bridgehead atoms. The lowest BCUT2D eigenvalue weighted by atomic mass is 9.99. The van der Waals surface area contributed by atoms with Gasteiger partial charge in [-0.2, -0.15) is 0 Å². The van der Waals surface area contributed by atoms with Crippen molar-refractivity contribution in [2.24, 2.45) is 0 Å². The monoisotopic (exact) mass is 523 g/mol. The van der Waals surface area contributed by atoms with Gasteiger partial charge in [-0.05, 0) is 89.4 Å². The van der Waals surface area contributed by atoms with Crippen molar-refractivity contribution in [1.29, 1.82) is 0 Å². The molecule has 1 saturated carbocycles. The summed E-state index contributed by atoms with van der Waals surface area (Å²) in [6.07, 6.45) is 8.99. The van der Waals surface area contributed by atoms with Gasteiger partial charge >= 0.3 is 0 Å². The molecule has 3 aromatic carbocycles. The summed E-state index contributed by atoms with van der Waals surface area (Å²) in [5.41, 5.74) is 7.20. The van der Waals surface area contributed by atoms with Gasteiger partial charge in [0.25, 0.3) is 0 Å². The second kappa shape index (κ2) is 10.3. The number of para-hydroxylation sites is 1. The molecule has 1 fully saturated rings. The van der Waals surface area contributed by atoms with Gasteiger partial charge in [0.1, 0.15) is 11.6 Å². The van der Waals surface area contributed by atoms with Crippen LogP contribution in [0.15, 0.2) is 103 Å². The first-order chi connectivity index (χ1) is 19.6. The van der Waals surface area contributed by atoms with Crippen molar-refractivity contribution in [1.82, 2.24) is 14.5 Å². The molecule has 6 aromatic rings. The van der Waals surface area contributed by atoms with E-state index in [4.69, 9.17) is 9.72 Å². The molecule has 1 aliphatic rings. The zero-order valence-corrected chi connectivity index (χ0v) is 23.0. The molecule has 0 N–H and O–H groups in total. The molecule has 7 rings (SSSR count). The van der Waals surface area contributed by atoms with Crippen molar-refractivity contribution in [2.75, 3.05) is 0 Å². The molecule has 0 amide bonds. The van der Waals surface area contributed by atoms with Gasteiger partial charge in [-0.25, -0.2) is 9.97 Å². The number of hydrogen-bond acceptors (Lipinski definition) is 3. The number of fused-ring (bicyclic) bond motifs is 3. The maximum Gasteiger partial charge on any atom is 0.219 e. The van der Waals surface area contributed by atoms with Crippen LogP contribution >= 0.6 is 0 Å². The second-order valence-electron chi connectivity index (χ2n) is 11.2. The third kappa shape index (κ3) is 4.54. The number of benzene rings is 3. The number of rotatable bonds is 6. The van der Waals surface area contributed by atoms with Crippen molar-refractivity contribution >= 4 is 21.8 Å². The molecule has 3 aromatic heterocycles. The lowest BCUT2D eigenvalue weighted by Crippen LogP contribution is -2.00. The van der Waals surface area contributed by atoms with Crippen LogP contribution in [0.1, 0.15) is 62.5 Å². The first-order valence-corrected chi connectivity index (χ1v) is 14.4. The minimum Gasteiger partial charge on any atom is -0.439 e. The van der Waals surface area contributed by atoms with Gasteiger partial charge in [0.15, 0.2) is 0 Å². The topological polar surface area (TPSA) is 39.9 Å². The summed E-state index contributed by atoms with van der Waals surface area (Å²) < 4.78 is 8.52. The highest BCUT2D eigenvalue weighted by atomic mass is 16.5. The Bertz CT molecular complexity index is 1830. The van der Waals surface area contributed by atoms with E-state index in [2.05, 4.69) is 90.1 Å². The van der Waals surface area contributed by atoms with E-state index in [1.807, 2.05) is 36.7 Å². The number of hydrogen-bond donors (Lipinski definition) is 0. The Labute approximate surface area is 235 Å². The molecule has 0 unspecified atom stereocenters. The molecule has 1 aliphatic carbocycles. The van der Waals surface area contributed by atoms with E-state index in [0.717, 1.165) is 28.2 Å². The van der Waals surface area contributed by atoms with Crippen LogP contribution < -0.4 is 4.74 Å². The van der Waals surface area contributed by atoms with Crippen LogP contribution in [0.3, 0.4) is 0 Å². The standard InChI is InChI=1S/C36H33N3O/c1-24(2)26-16-19-38-36(23-26)40-30-11-7-10-27(20-30)28-14-15-32-31-12-5-6-13-33(31)39(34(32)21-28)35-22-29(17-18-37-35)25-8-3-4-9-25/h5-7,10-25H,3-4,8-9H2,1-2H3. The molecule has 40 heavy (non-hydrogen) atoms. The summed E-state index contributed by atoms with van der Waals surface area (Å²) in [5, 5.41) is 2.47. The van der Waals surface area contributed by atoms with Crippen LogP contribution in [0.2, 0.25) is 0 Å². The molecule has 0 aliphatic heterocycles. The molecule has 198 valence electrons. The molecule has 4 nitrogen and oxygen atoms in total. The highest BCUT2D eigenvalue weighted by molar-refractivity contribution is 6.10. The molecular formula is C36H33N3O. The lowest BCUT2D eigenvalue weighted by Gasteiger charge is -2.13. The van der Waals surface area contributed by atoms with Crippen molar-refractivity contribution < 1.29 is 4.74 Å². The number of ether oxygens (including phenoxy) is 1. The van der Waals surface area contributed by atoms with E-state index >= 15 is 0 Å². The van der Waals surface area contributed by atoms with Crippen LogP contribution in [0.4, 0.5) is 0 Å². The summed E-state index contributed by atoms with van der Waals surface area (Å²) in [6, 6.07) is 32.2. The van der Waals surface area contributed by atoms with Crippen molar-refractivity contribution in [3.8, 4) is 28.6 Å². The molecule has 0 atom stereocenters. The van der Waals surface area contributed by atoms with Gasteiger partial charge in [-0.1, -0.05) is 69.2 Å². The van der Waals surface area contributed by atoms with E-state index < -0.39 is 0 Å². The number of aromatic nitrogens is 3. The molecule has 4 heteroatoms. The summed E-state index contributed by atoms with van der Waals surface area (Å²) >= 11 is 0. The zero-order chi connectivity index (χ0) is 27.1. The average Bonchev–Trinajstić information content (AvgIpc) is 3.64. The van der Waals surface area contributed by atoms with Gasteiger partial charge in [0, 0.05) is 29.2 Å². The normalized spacial score (nSPS) is 14.0. The third-order valence-electron chi connectivity index (χ3n) is 8.31. The predicted octanol–water partition coefficient (Wildman–Crippen LogP) is 9.81. The summed E-state index contributed by atoms with van der Waals surface area (Å²) in [7, 11) is 0. The summed E-state index contributed by atoms with van der Waals surface area (Å²) in [6.45, 7) is 4.35. The Morgan fingerprint density at radius 3 is 2.40 bits per heavy atom. The Morgan fingerprint density at radius 1 is 0.725 bits per heavy atom. The van der Waals surface area contributed by atoms with Crippen molar-refractivity contribution in [3.63, 3.8) is 0 Å². The maximum absolute atomic E-state index is 6.20. The average molecular weight is 524 g/mol. The minimum atomic E-state index is 0.420. The maximum atomic E-state index is 6.20. The Balaban J connectivity index is 1.31. The smallest absolute Gasteiger partial charge is 0.219 e. The minimum absolute atomic E-state index is 0.420. The third-order valence-corrected chi connectivity index (χ3v) is 8.31. The van der Waals surface area contributed by atoms with E-state index in [9.17, 15) is 0 Å². The molecule has 0 saturated heterocycles. The van der Waals surface area contributed by atoms with Gasteiger partial charge in [0.2, 0.25) is 5.88 Å². The molecule has 0 radical (unpaired) electrons. The lowest BCUT2D eigenvalue weighted by molar-refractivity contribution is 0.462. The van der Waals surface area contributed by atoms with Crippen LogP contribution in [0, 0.1) is 0 Å². The van der Waals surface area contributed by atoms with Crippen LogP contribution in [-0.2, 0) is 0 Å². The van der Waals surface area contributed by atoms with E-state index in [-0.39, 0.29) is 0 Å². The van der Waals surface area contributed by atoms with Gasteiger partial charge in [0.05, 0.1) is 11.0 Å². The molecule has 0 spiro atoms. The first kappa shape index (κ1) is 24.6. The predicted molar refractivity (Wildman–Crippen MR) is 164 cm³/mol. The fourth-order valence-electron chi connectivity index (χ4n) is 6.17. The highest BCUT2D eigenvalue weighted by Crippen LogP contribution is 2.38. The van der Waals surface area contributed by atoms with Crippen LogP contribution in [0.5, 0.6) is 11.6 Å². The van der Waals surface area contributed by atoms with Crippen LogP contribution in [0.25, 0.3) is 38.8 Å². The van der Waals surface area contributed by atoms with Gasteiger partial charge in [-0.15, -0.1) is 0 Å². The van der Waals surface area contributed by atoms with Crippen molar-refractivity contribution in [2.45, 2.75) is 51.4 Å². The number of pyridine rings is 2. The largest absolute Gasteiger partial charge is 0.439 e. The number of nitrogens with zero attached hydrogens (tertiary/aromatic N) is 3. The fourth-order valence-corrected chi connectivity index (χ4v) is 6.17. The van der Waals surface area contributed by atoms with Gasteiger partial charge in [-0.3, -0.25) is 4.57 Å². The SMILES string of the molecule is CC(C)c1ccnc(Oc2cccc(-c3ccc4c5ccccc5n(-c5cc(C6CCCC6)ccn5)c4c3)c2)c1. The van der Waals surface area contributed by atoms with Crippen LogP contribution in [-0.4, -0.2) is 14.5 Å². The van der Waals surface area contributed by atoms with E-state index in [0.29, 0.717) is 17.7 Å². The fraction of sp³-hybridized carbons (Fsp3) is 0.222. The highest BCUT2D eigenvalue weighted by Gasteiger charge is 2.19. The summed E-state index contributed by atoms with van der Waals surface area (Å²) in [4.78, 5) is 9.31. The quantitative estimate of drug-likeness (QED) is 0.218. The van der Waals surface area contributed by atoms with Crippen molar-refractivity contribution in [3.05, 3.63) is 115 Å². The van der Waals surface area contributed by atoms with E-state index in [1.165, 1.54) is 53.1 Å². The Hall–Kier alpha value is -4.44. The first-order valence-electron chi connectivity index (χ1n) is 14.4. The summed E-state index contributed by atoms with van der Waals surface area (Å²) in [5.74, 6) is 3.44.